The third-order valence-electron chi connectivity index (χ3n) is 8.97. The molecular formula is C34H36BrN7O5. The maximum Gasteiger partial charge on any atom is 0.248 e. The Hall–Kier alpha value is -4.33. The van der Waals surface area contributed by atoms with Gasteiger partial charge in [0.25, 0.3) is 0 Å². The van der Waals surface area contributed by atoms with Gasteiger partial charge in [-0.25, -0.2) is 15.0 Å². The molecule has 5 heterocycles. The Bertz CT molecular complexity index is 1870. The van der Waals surface area contributed by atoms with Crippen molar-refractivity contribution in [1.29, 1.82) is 0 Å². The number of carbonyl (C=O) groups is 3. The highest BCUT2D eigenvalue weighted by molar-refractivity contribution is 9.10. The number of aryl methyl sites for hydroxylation is 1. The van der Waals surface area contributed by atoms with E-state index in [9.17, 15) is 14.4 Å². The summed E-state index contributed by atoms with van der Waals surface area (Å²) in [7, 11) is 0. The Morgan fingerprint density at radius 1 is 1.09 bits per heavy atom. The van der Waals surface area contributed by atoms with Crippen LogP contribution in [0.2, 0.25) is 0 Å². The highest BCUT2D eigenvalue weighted by Crippen LogP contribution is 2.42. The van der Waals surface area contributed by atoms with Crippen LogP contribution in [-0.4, -0.2) is 79.1 Å². The Labute approximate surface area is 280 Å². The number of nitrogens with one attached hydrogen (secondary N) is 1. The molecule has 3 aromatic heterocycles. The summed E-state index contributed by atoms with van der Waals surface area (Å²) >= 11 is 3.40. The molecule has 47 heavy (non-hydrogen) atoms. The topological polar surface area (TPSA) is 141 Å². The number of ketones is 1. The van der Waals surface area contributed by atoms with E-state index in [2.05, 4.69) is 41.3 Å². The van der Waals surface area contributed by atoms with Gasteiger partial charge in [0.15, 0.2) is 5.78 Å². The number of likely N-dealkylation sites (tertiary alicyclic amines) is 1. The maximum absolute atomic E-state index is 14.3. The zero-order valence-electron chi connectivity index (χ0n) is 26.7. The summed E-state index contributed by atoms with van der Waals surface area (Å²) in [5, 5.41) is 8.17. The molecule has 4 aromatic rings. The number of aromatic nitrogens is 5. The first-order valence-electron chi connectivity index (χ1n) is 15.4. The molecule has 1 aromatic carbocycles. The van der Waals surface area contributed by atoms with Crippen molar-refractivity contribution < 1.29 is 23.9 Å². The Balaban J connectivity index is 1.34. The molecule has 2 aliphatic rings. The quantitative estimate of drug-likeness (QED) is 0.179. The molecule has 0 spiro atoms. The molecule has 12 nitrogen and oxygen atoms in total. The zero-order chi connectivity index (χ0) is 33.3. The van der Waals surface area contributed by atoms with Gasteiger partial charge in [-0.05, 0) is 60.0 Å². The van der Waals surface area contributed by atoms with Crippen molar-refractivity contribution in [3.05, 3.63) is 76.6 Å². The monoisotopic (exact) mass is 701 g/mol. The number of anilines is 1. The minimum atomic E-state index is -0.802. The summed E-state index contributed by atoms with van der Waals surface area (Å²) in [6.45, 7) is 8.44. The highest BCUT2D eigenvalue weighted by atomic mass is 79.9. The van der Waals surface area contributed by atoms with E-state index in [4.69, 9.17) is 9.47 Å². The standard InChI is InChI=1S/C34H36BrN7O5/c1-20(43)31-26-13-23(25-15-36-22(3)37-16-25)7-9-27(26)41(40-31)17-30(44)42-21(2)34(4)14-28(42)33(45)39-32-24(8-10-29(35)38-32)18-46-11-5-6-12-47-19-34/h5-10,13,15-16,21,28H,11-12,14,17-19H2,1-4H3,(H,38,39,45)/t21-,28+,34-/m1/s1. The van der Waals surface area contributed by atoms with E-state index in [1.54, 1.807) is 28.0 Å². The van der Waals surface area contributed by atoms with Crippen molar-refractivity contribution in [3.63, 3.8) is 0 Å². The summed E-state index contributed by atoms with van der Waals surface area (Å²) in [4.78, 5) is 55.7. The summed E-state index contributed by atoms with van der Waals surface area (Å²) in [5.74, 6) is 0.146. The molecule has 0 unspecified atom stereocenters. The number of halogens is 1. The van der Waals surface area contributed by atoms with Gasteiger partial charge in [0.1, 0.15) is 34.5 Å². The first-order valence-corrected chi connectivity index (χ1v) is 16.2. The van der Waals surface area contributed by atoms with E-state index >= 15 is 0 Å². The average Bonchev–Trinajstić information content (AvgIpc) is 3.53. The number of carbonyl (C=O) groups excluding carboxylic acids is 3. The number of hydrogen-bond donors (Lipinski definition) is 1. The lowest BCUT2D eigenvalue weighted by atomic mass is 9.83. The van der Waals surface area contributed by atoms with Gasteiger partial charge < -0.3 is 19.7 Å². The van der Waals surface area contributed by atoms with Crippen LogP contribution in [0.3, 0.4) is 0 Å². The number of Topliss-reactive ketones (excluding diaryl/α,β-unsaturated/α-hetero) is 1. The number of hydrogen-bond acceptors (Lipinski definition) is 9. The van der Waals surface area contributed by atoms with E-state index in [0.717, 1.165) is 11.1 Å². The molecule has 244 valence electrons. The van der Waals surface area contributed by atoms with Crippen molar-refractivity contribution in [3.8, 4) is 11.1 Å². The third-order valence-corrected chi connectivity index (χ3v) is 9.41. The molecule has 3 atom stereocenters. The number of ether oxygens (including phenoxy) is 2. The summed E-state index contributed by atoms with van der Waals surface area (Å²) in [6.07, 6.45) is 7.64. The molecule has 0 aliphatic carbocycles. The molecule has 1 N–H and O–H groups in total. The largest absolute Gasteiger partial charge is 0.377 e. The van der Waals surface area contributed by atoms with Crippen molar-refractivity contribution >= 4 is 50.2 Å². The number of pyridine rings is 1. The smallest absolute Gasteiger partial charge is 0.248 e. The van der Waals surface area contributed by atoms with Crippen molar-refractivity contribution in [2.75, 3.05) is 25.1 Å². The number of amides is 2. The minimum absolute atomic E-state index is 0.168. The highest BCUT2D eigenvalue weighted by Gasteiger charge is 2.51. The van der Waals surface area contributed by atoms with Gasteiger partial charge in [0.2, 0.25) is 11.8 Å². The van der Waals surface area contributed by atoms with Gasteiger partial charge in [0, 0.05) is 47.3 Å². The van der Waals surface area contributed by atoms with Crippen LogP contribution in [0.4, 0.5) is 5.82 Å². The second-order valence-electron chi connectivity index (χ2n) is 12.3. The Kier molecular flexibility index (Phi) is 9.31. The lowest BCUT2D eigenvalue weighted by Gasteiger charge is -2.33. The van der Waals surface area contributed by atoms with Crippen molar-refractivity contribution in [1.82, 2.24) is 29.6 Å². The van der Waals surface area contributed by atoms with Crippen molar-refractivity contribution in [2.45, 2.75) is 59.4 Å². The van der Waals surface area contributed by atoms with Crippen LogP contribution >= 0.6 is 15.9 Å². The molecule has 0 saturated carbocycles. The molecule has 13 heteroatoms. The molecular weight excluding hydrogens is 666 g/mol. The van der Waals surface area contributed by atoms with Gasteiger partial charge in [-0.15, -0.1) is 0 Å². The fourth-order valence-electron chi connectivity index (χ4n) is 6.22. The minimum Gasteiger partial charge on any atom is -0.377 e. The lowest BCUT2D eigenvalue weighted by Crippen LogP contribution is -2.49. The maximum atomic E-state index is 14.3. The number of fused-ring (bicyclic) bond motifs is 4. The van der Waals surface area contributed by atoms with Crippen LogP contribution in [-0.2, 0) is 32.2 Å². The van der Waals surface area contributed by atoms with Gasteiger partial charge in [0.05, 0.1) is 31.9 Å². The molecule has 2 bridgehead atoms. The summed E-state index contributed by atoms with van der Waals surface area (Å²) in [6, 6.07) is 8.08. The lowest BCUT2D eigenvalue weighted by molar-refractivity contribution is -0.139. The fraction of sp³-hybridized carbons (Fsp3) is 0.382. The molecule has 0 radical (unpaired) electrons. The normalized spacial score (nSPS) is 22.0. The predicted octanol–water partition coefficient (Wildman–Crippen LogP) is 4.90. The van der Waals surface area contributed by atoms with Crippen LogP contribution in [0.5, 0.6) is 0 Å². The first kappa shape index (κ1) is 32.6. The Morgan fingerprint density at radius 3 is 2.57 bits per heavy atom. The summed E-state index contributed by atoms with van der Waals surface area (Å²) in [5.41, 5.74) is 2.71. The molecule has 1 fully saturated rings. The van der Waals surface area contributed by atoms with E-state index < -0.39 is 11.5 Å². The van der Waals surface area contributed by atoms with Crippen molar-refractivity contribution in [2.24, 2.45) is 5.41 Å². The third kappa shape index (κ3) is 6.74. The second-order valence-corrected chi connectivity index (χ2v) is 13.1. The number of benzene rings is 1. The second kappa shape index (κ2) is 13.4. The zero-order valence-corrected chi connectivity index (χ0v) is 28.3. The Morgan fingerprint density at radius 2 is 1.83 bits per heavy atom. The summed E-state index contributed by atoms with van der Waals surface area (Å²) < 4.78 is 13.9. The number of nitrogens with zero attached hydrogens (tertiary/aromatic N) is 6. The predicted molar refractivity (Wildman–Crippen MR) is 179 cm³/mol. The van der Waals surface area contributed by atoms with Gasteiger partial charge in [-0.1, -0.05) is 31.2 Å². The van der Waals surface area contributed by atoms with E-state index in [0.29, 0.717) is 59.0 Å². The van der Waals surface area contributed by atoms with E-state index in [1.807, 2.05) is 57.2 Å². The molecule has 2 aliphatic heterocycles. The SMILES string of the molecule is CC(=O)c1nn(CC(=O)N2[C@H]3C[C@](C)(COCC=CCOCc4ccc(Br)nc4NC3=O)[C@H]2C)c2ccc(-c3cnc(C)nc3)cc12. The van der Waals surface area contributed by atoms with Crippen LogP contribution in [0, 0.1) is 12.3 Å². The number of rotatable bonds is 4. The van der Waals surface area contributed by atoms with Gasteiger partial charge in [-0.3, -0.25) is 19.1 Å². The van der Waals surface area contributed by atoms with Gasteiger partial charge >= 0.3 is 0 Å². The van der Waals surface area contributed by atoms with E-state index in [-0.39, 0.29) is 42.5 Å². The van der Waals surface area contributed by atoms with Crippen LogP contribution < -0.4 is 5.32 Å². The fourth-order valence-corrected chi connectivity index (χ4v) is 6.53. The molecule has 2 amide bonds. The molecule has 1 saturated heterocycles. The average molecular weight is 703 g/mol. The van der Waals surface area contributed by atoms with Crippen LogP contribution in [0.25, 0.3) is 22.0 Å². The van der Waals surface area contributed by atoms with Gasteiger partial charge in [-0.2, -0.15) is 5.10 Å². The van der Waals surface area contributed by atoms with E-state index in [1.165, 1.54) is 6.92 Å². The van der Waals surface area contributed by atoms with Crippen LogP contribution in [0.15, 0.2) is 59.5 Å². The van der Waals surface area contributed by atoms with Crippen LogP contribution in [0.1, 0.15) is 49.1 Å². The molecule has 6 rings (SSSR count). The first-order chi connectivity index (χ1) is 22.5.